The Kier molecular flexibility index (Phi) is 3.00. The van der Waals surface area contributed by atoms with Crippen LogP contribution < -0.4 is 10.5 Å². The van der Waals surface area contributed by atoms with Crippen LogP contribution in [-0.4, -0.2) is 18.5 Å². The predicted octanol–water partition coefficient (Wildman–Crippen LogP) is 1.53. The number of aromatic nitrogens is 1. The van der Waals surface area contributed by atoms with Crippen molar-refractivity contribution in [3.05, 3.63) is 24.0 Å². The van der Waals surface area contributed by atoms with Crippen LogP contribution in [0.25, 0.3) is 0 Å². The van der Waals surface area contributed by atoms with Crippen molar-refractivity contribution in [1.29, 1.82) is 0 Å². The minimum Gasteiger partial charge on any atom is -0.497 e. The maximum atomic E-state index is 12.5. The van der Waals surface area contributed by atoms with E-state index in [1.54, 1.807) is 6.07 Å². The molecular formula is C9H12F2N2O. The number of alkyl halides is 2. The smallest absolute Gasteiger partial charge is 0.261 e. The van der Waals surface area contributed by atoms with E-state index in [0.717, 1.165) is 0 Å². The fourth-order valence-corrected chi connectivity index (χ4v) is 0.945. The summed E-state index contributed by atoms with van der Waals surface area (Å²) in [5.74, 6) is 0.465. The fraction of sp³-hybridized carbons (Fsp3) is 0.444. The molecule has 1 unspecified atom stereocenters. The molecule has 3 nitrogen and oxygen atoms in total. The Morgan fingerprint density at radius 1 is 1.57 bits per heavy atom. The number of ether oxygens (including phenoxy) is 1. The van der Waals surface area contributed by atoms with Gasteiger partial charge in [0.25, 0.3) is 6.43 Å². The Balaban J connectivity index is 3.06. The number of nitrogens with zero attached hydrogens (tertiary/aromatic N) is 1. The lowest BCUT2D eigenvalue weighted by Gasteiger charge is -2.22. The molecule has 1 heterocycles. The number of nitrogens with two attached hydrogens (primary N) is 1. The molecule has 0 amide bonds. The van der Waals surface area contributed by atoms with Gasteiger partial charge in [0.15, 0.2) is 0 Å². The second kappa shape index (κ2) is 3.88. The van der Waals surface area contributed by atoms with Crippen LogP contribution in [0.5, 0.6) is 5.75 Å². The zero-order valence-electron chi connectivity index (χ0n) is 8.00. The molecule has 0 bridgehead atoms. The number of rotatable bonds is 3. The van der Waals surface area contributed by atoms with Crippen LogP contribution in [0, 0.1) is 0 Å². The highest BCUT2D eigenvalue weighted by molar-refractivity contribution is 5.26. The standard InChI is InChI=1S/C9H12F2N2O/c1-9(12,8(10)11)7-5-6(14-2)3-4-13-7/h3-5,8H,12H2,1-2H3. The summed E-state index contributed by atoms with van der Waals surface area (Å²) in [6.07, 6.45) is -1.27. The first kappa shape index (κ1) is 10.8. The van der Waals surface area contributed by atoms with Gasteiger partial charge >= 0.3 is 0 Å². The van der Waals surface area contributed by atoms with Gasteiger partial charge in [0.1, 0.15) is 11.3 Å². The molecule has 1 rings (SSSR count). The summed E-state index contributed by atoms with van der Waals surface area (Å²) in [7, 11) is 1.45. The third-order valence-corrected chi connectivity index (χ3v) is 1.97. The summed E-state index contributed by atoms with van der Waals surface area (Å²) in [5.41, 5.74) is 3.81. The van der Waals surface area contributed by atoms with E-state index in [0.29, 0.717) is 5.75 Å². The van der Waals surface area contributed by atoms with Gasteiger partial charge in [0.2, 0.25) is 0 Å². The van der Waals surface area contributed by atoms with Crippen molar-refractivity contribution in [3.63, 3.8) is 0 Å². The first-order chi connectivity index (χ1) is 6.48. The van der Waals surface area contributed by atoms with Crippen LogP contribution in [0.2, 0.25) is 0 Å². The molecule has 0 spiro atoms. The molecule has 0 fully saturated rings. The number of halogens is 2. The molecule has 0 saturated carbocycles. The molecule has 0 saturated heterocycles. The van der Waals surface area contributed by atoms with Crippen molar-refractivity contribution in [3.8, 4) is 5.75 Å². The third kappa shape index (κ3) is 1.98. The Morgan fingerprint density at radius 2 is 2.21 bits per heavy atom. The van der Waals surface area contributed by atoms with E-state index in [1.807, 2.05) is 0 Å². The lowest BCUT2D eigenvalue weighted by molar-refractivity contribution is 0.0600. The average molecular weight is 202 g/mol. The Bertz CT molecular complexity index is 315. The van der Waals surface area contributed by atoms with Crippen LogP contribution in [0.4, 0.5) is 8.78 Å². The highest BCUT2D eigenvalue weighted by atomic mass is 19.3. The van der Waals surface area contributed by atoms with Crippen LogP contribution in [-0.2, 0) is 5.54 Å². The fourth-order valence-electron chi connectivity index (χ4n) is 0.945. The number of hydrogen-bond donors (Lipinski definition) is 1. The van der Waals surface area contributed by atoms with E-state index in [9.17, 15) is 8.78 Å². The molecule has 0 aliphatic heterocycles. The third-order valence-electron chi connectivity index (χ3n) is 1.97. The van der Waals surface area contributed by atoms with Gasteiger partial charge in [-0.2, -0.15) is 0 Å². The number of hydrogen-bond acceptors (Lipinski definition) is 3. The summed E-state index contributed by atoms with van der Waals surface area (Å²) in [4.78, 5) is 3.80. The minimum absolute atomic E-state index is 0.117. The molecular weight excluding hydrogens is 190 g/mol. The molecule has 0 aliphatic rings. The normalized spacial score (nSPS) is 15.3. The molecule has 0 aliphatic carbocycles. The Labute approximate surface area is 80.9 Å². The first-order valence-electron chi connectivity index (χ1n) is 4.06. The monoisotopic (exact) mass is 202 g/mol. The lowest BCUT2D eigenvalue weighted by atomic mass is 9.99. The maximum absolute atomic E-state index is 12.5. The summed E-state index contributed by atoms with van der Waals surface area (Å²) in [6.45, 7) is 1.24. The van der Waals surface area contributed by atoms with Crippen molar-refractivity contribution in [2.75, 3.05) is 7.11 Å². The van der Waals surface area contributed by atoms with Crippen LogP contribution in [0.1, 0.15) is 12.6 Å². The molecule has 1 atom stereocenters. The SMILES string of the molecule is COc1ccnc(C(C)(N)C(F)F)c1. The topological polar surface area (TPSA) is 48.1 Å². The van der Waals surface area contributed by atoms with Gasteiger partial charge in [0, 0.05) is 12.3 Å². The van der Waals surface area contributed by atoms with E-state index in [4.69, 9.17) is 10.5 Å². The van der Waals surface area contributed by atoms with Gasteiger partial charge in [-0.15, -0.1) is 0 Å². The predicted molar refractivity (Wildman–Crippen MR) is 48.3 cm³/mol. The molecule has 5 heteroatoms. The van der Waals surface area contributed by atoms with Gasteiger partial charge in [-0.3, -0.25) is 4.98 Å². The largest absolute Gasteiger partial charge is 0.497 e. The maximum Gasteiger partial charge on any atom is 0.261 e. The van der Waals surface area contributed by atoms with Crippen LogP contribution in [0.3, 0.4) is 0 Å². The zero-order chi connectivity index (χ0) is 10.8. The molecule has 1 aromatic rings. The molecule has 2 N–H and O–H groups in total. The highest BCUT2D eigenvalue weighted by Crippen LogP contribution is 2.25. The van der Waals surface area contributed by atoms with E-state index in [-0.39, 0.29) is 5.69 Å². The van der Waals surface area contributed by atoms with Gasteiger partial charge in [0.05, 0.1) is 12.8 Å². The van der Waals surface area contributed by atoms with E-state index < -0.39 is 12.0 Å². The zero-order valence-corrected chi connectivity index (χ0v) is 8.00. The van der Waals surface area contributed by atoms with Gasteiger partial charge in [-0.25, -0.2) is 8.78 Å². The van der Waals surface area contributed by atoms with Crippen LogP contribution >= 0.6 is 0 Å². The van der Waals surface area contributed by atoms with Crippen LogP contribution in [0.15, 0.2) is 18.3 Å². The van der Waals surface area contributed by atoms with Crippen molar-refractivity contribution < 1.29 is 13.5 Å². The van der Waals surface area contributed by atoms with E-state index in [2.05, 4.69) is 4.98 Å². The first-order valence-corrected chi connectivity index (χ1v) is 4.06. The molecule has 14 heavy (non-hydrogen) atoms. The molecule has 0 aromatic carbocycles. The lowest BCUT2D eigenvalue weighted by Crippen LogP contribution is -2.41. The summed E-state index contributed by atoms with van der Waals surface area (Å²) < 4.78 is 29.9. The second-order valence-corrected chi connectivity index (χ2v) is 3.16. The average Bonchev–Trinajstić information content (AvgIpc) is 2.17. The summed E-state index contributed by atoms with van der Waals surface area (Å²) in [6, 6.07) is 2.98. The number of pyridine rings is 1. The molecule has 1 aromatic heterocycles. The quantitative estimate of drug-likeness (QED) is 0.808. The van der Waals surface area contributed by atoms with Gasteiger partial charge in [-0.1, -0.05) is 0 Å². The second-order valence-electron chi connectivity index (χ2n) is 3.16. The van der Waals surface area contributed by atoms with Crippen molar-refractivity contribution in [2.45, 2.75) is 18.9 Å². The highest BCUT2D eigenvalue weighted by Gasteiger charge is 2.34. The minimum atomic E-state index is -2.66. The molecule has 0 radical (unpaired) electrons. The van der Waals surface area contributed by atoms with Crippen molar-refractivity contribution in [1.82, 2.24) is 4.98 Å². The van der Waals surface area contributed by atoms with Crippen molar-refractivity contribution >= 4 is 0 Å². The number of methoxy groups -OCH3 is 1. The molecule has 78 valence electrons. The van der Waals surface area contributed by atoms with E-state index in [1.165, 1.54) is 26.3 Å². The Hall–Kier alpha value is -1.23. The van der Waals surface area contributed by atoms with E-state index >= 15 is 0 Å². The van der Waals surface area contributed by atoms with Crippen molar-refractivity contribution in [2.24, 2.45) is 5.73 Å². The summed E-state index contributed by atoms with van der Waals surface area (Å²) in [5, 5.41) is 0. The summed E-state index contributed by atoms with van der Waals surface area (Å²) >= 11 is 0. The van der Waals surface area contributed by atoms with Gasteiger partial charge in [-0.05, 0) is 13.0 Å². The van der Waals surface area contributed by atoms with Gasteiger partial charge < -0.3 is 10.5 Å². The Morgan fingerprint density at radius 3 is 2.71 bits per heavy atom.